The smallest absolute Gasteiger partial charge is 0.408 e. The van der Waals surface area contributed by atoms with Gasteiger partial charge in [0.25, 0.3) is 0 Å². The van der Waals surface area contributed by atoms with Gasteiger partial charge in [-0.05, 0) is 81.9 Å². The van der Waals surface area contributed by atoms with Gasteiger partial charge in [0.05, 0.1) is 5.52 Å². The predicted octanol–water partition coefficient (Wildman–Crippen LogP) is 1.50. The van der Waals surface area contributed by atoms with Crippen LogP contribution >= 0.6 is 0 Å². The molecule has 8 nitrogen and oxygen atoms in total. The van der Waals surface area contributed by atoms with Crippen molar-refractivity contribution in [3.8, 4) is 0 Å². The minimum atomic E-state index is -0.699. The van der Waals surface area contributed by atoms with Crippen molar-refractivity contribution >= 4 is 22.9 Å². The van der Waals surface area contributed by atoms with Crippen LogP contribution in [0.2, 0.25) is 0 Å². The van der Waals surface area contributed by atoms with Crippen LogP contribution in [-0.2, 0) is 9.59 Å². The molecule has 30 heavy (non-hydrogen) atoms. The molecule has 3 aliphatic heterocycles. The number of rotatable bonds is 3. The van der Waals surface area contributed by atoms with Crippen molar-refractivity contribution in [2.75, 3.05) is 26.2 Å². The molecule has 3 fully saturated rings. The molecule has 0 spiro atoms. The van der Waals surface area contributed by atoms with Crippen LogP contribution in [0.4, 0.5) is 0 Å². The zero-order valence-electron chi connectivity index (χ0n) is 17.1. The lowest BCUT2D eigenvalue weighted by Gasteiger charge is -2.39. The Balaban J connectivity index is 1.33. The van der Waals surface area contributed by atoms with Crippen molar-refractivity contribution in [2.24, 2.45) is 0 Å². The average Bonchev–Trinajstić information content (AvgIpc) is 3.09. The molecule has 160 valence electrons. The summed E-state index contributed by atoms with van der Waals surface area (Å²) >= 11 is 0. The van der Waals surface area contributed by atoms with E-state index in [1.54, 1.807) is 0 Å². The van der Waals surface area contributed by atoms with Gasteiger partial charge >= 0.3 is 5.76 Å². The van der Waals surface area contributed by atoms with E-state index in [0.29, 0.717) is 29.5 Å². The highest BCUT2D eigenvalue weighted by atomic mass is 16.4. The van der Waals surface area contributed by atoms with E-state index in [4.69, 9.17) is 4.42 Å². The van der Waals surface area contributed by atoms with Crippen molar-refractivity contribution in [2.45, 2.75) is 56.5 Å². The lowest BCUT2D eigenvalue weighted by Crippen LogP contribution is -2.46. The van der Waals surface area contributed by atoms with Crippen LogP contribution in [-0.4, -0.2) is 53.5 Å². The molecule has 0 radical (unpaired) electrons. The number of amides is 2. The van der Waals surface area contributed by atoms with Crippen LogP contribution in [0.1, 0.15) is 56.0 Å². The molecule has 2 amide bonds. The first-order valence-electron chi connectivity index (χ1n) is 11.0. The van der Waals surface area contributed by atoms with Gasteiger partial charge in [0.1, 0.15) is 6.04 Å². The molecule has 1 unspecified atom stereocenters. The second kappa shape index (κ2) is 8.00. The lowest BCUT2D eigenvalue weighted by molar-refractivity contribution is -0.135. The Labute approximate surface area is 174 Å². The van der Waals surface area contributed by atoms with Gasteiger partial charge in [-0.1, -0.05) is 6.07 Å². The molecule has 0 aliphatic carbocycles. The fourth-order valence-electron chi connectivity index (χ4n) is 5.30. The van der Waals surface area contributed by atoms with Gasteiger partial charge in [0.15, 0.2) is 5.58 Å². The maximum Gasteiger partial charge on any atom is 0.420 e. The molecule has 8 heteroatoms. The molecule has 0 saturated carbocycles. The fourth-order valence-corrected chi connectivity index (χ4v) is 5.30. The number of hydrogen-bond acceptors (Lipinski definition) is 6. The molecule has 4 heterocycles. The zero-order valence-corrected chi connectivity index (χ0v) is 17.1. The highest BCUT2D eigenvalue weighted by Gasteiger charge is 2.32. The summed E-state index contributed by atoms with van der Waals surface area (Å²) in [4.78, 5) is 38.8. The van der Waals surface area contributed by atoms with Crippen molar-refractivity contribution in [1.82, 2.24) is 20.1 Å². The third kappa shape index (κ3) is 3.58. The van der Waals surface area contributed by atoms with E-state index in [9.17, 15) is 14.4 Å². The second-order valence-corrected chi connectivity index (χ2v) is 8.72. The van der Waals surface area contributed by atoms with Gasteiger partial charge in [0.2, 0.25) is 11.8 Å². The van der Waals surface area contributed by atoms with Crippen molar-refractivity contribution in [3.05, 3.63) is 34.3 Å². The Hall–Kier alpha value is -2.45. The number of nitrogens with zero attached hydrogens (tertiary/aromatic N) is 2. The topological polar surface area (TPSA) is 96.6 Å². The minimum absolute atomic E-state index is 0.225. The number of nitrogens with one attached hydrogen (secondary N) is 2. The van der Waals surface area contributed by atoms with E-state index in [2.05, 4.69) is 21.6 Å². The molecule has 0 bridgehead atoms. The number of hydrogen-bond donors (Lipinski definition) is 2. The Morgan fingerprint density at radius 2 is 1.73 bits per heavy atom. The molecule has 3 saturated heterocycles. The zero-order chi connectivity index (χ0) is 20.7. The lowest BCUT2D eigenvalue weighted by atomic mass is 9.88. The number of imide groups is 1. The Kier molecular flexibility index (Phi) is 5.20. The van der Waals surface area contributed by atoms with Crippen LogP contribution in [0.15, 0.2) is 27.4 Å². The first kappa shape index (κ1) is 19.5. The largest absolute Gasteiger partial charge is 0.420 e. The first-order valence-corrected chi connectivity index (χ1v) is 11.0. The first-order chi connectivity index (χ1) is 14.6. The highest BCUT2D eigenvalue weighted by molar-refractivity contribution is 6.00. The number of oxazole rings is 1. The summed E-state index contributed by atoms with van der Waals surface area (Å²) in [6, 6.07) is 5.92. The number of carbonyl (C=O) groups excluding carboxylic acids is 2. The molecule has 1 aromatic heterocycles. The van der Waals surface area contributed by atoms with E-state index < -0.39 is 17.7 Å². The summed E-state index contributed by atoms with van der Waals surface area (Å²) in [5.74, 6) is -0.824. The van der Waals surface area contributed by atoms with Crippen LogP contribution < -0.4 is 16.4 Å². The summed E-state index contributed by atoms with van der Waals surface area (Å²) in [6.07, 6.45) is 5.21. The summed E-state index contributed by atoms with van der Waals surface area (Å²) in [5, 5.41) is 5.75. The third-order valence-electron chi connectivity index (χ3n) is 6.99. The van der Waals surface area contributed by atoms with Crippen molar-refractivity contribution < 1.29 is 14.0 Å². The number of carbonyl (C=O) groups is 2. The Morgan fingerprint density at radius 3 is 2.47 bits per heavy atom. The van der Waals surface area contributed by atoms with Crippen molar-refractivity contribution in [3.63, 3.8) is 0 Å². The van der Waals surface area contributed by atoms with Gasteiger partial charge in [-0.2, -0.15) is 0 Å². The van der Waals surface area contributed by atoms with Gasteiger partial charge in [-0.25, -0.2) is 4.79 Å². The molecule has 2 N–H and O–H groups in total. The maximum absolute atomic E-state index is 12.5. The molecule has 1 aromatic carbocycles. The molecular formula is C22H28N4O4. The molecule has 5 rings (SSSR count). The van der Waals surface area contributed by atoms with E-state index in [1.165, 1.54) is 23.0 Å². The summed E-state index contributed by atoms with van der Waals surface area (Å²) in [6.45, 7) is 4.44. The van der Waals surface area contributed by atoms with E-state index >= 15 is 0 Å². The van der Waals surface area contributed by atoms with Crippen LogP contribution in [0, 0.1) is 0 Å². The fraction of sp³-hybridized carbons (Fsp3) is 0.591. The number of piperidine rings is 3. The van der Waals surface area contributed by atoms with Gasteiger partial charge in [-0.3, -0.25) is 19.5 Å². The third-order valence-corrected chi connectivity index (χ3v) is 6.99. The van der Waals surface area contributed by atoms with Crippen LogP contribution in [0.25, 0.3) is 11.1 Å². The Bertz CT molecular complexity index is 1010. The highest BCUT2D eigenvalue weighted by Crippen LogP contribution is 2.32. The molecule has 2 aromatic rings. The second-order valence-electron chi connectivity index (χ2n) is 8.72. The number of fused-ring (bicyclic) bond motifs is 1. The molecule has 3 aliphatic rings. The van der Waals surface area contributed by atoms with E-state index in [1.807, 2.05) is 12.1 Å². The van der Waals surface area contributed by atoms with Gasteiger partial charge in [-0.15, -0.1) is 0 Å². The number of aromatic nitrogens is 1. The van der Waals surface area contributed by atoms with Gasteiger partial charge in [0, 0.05) is 12.5 Å². The monoisotopic (exact) mass is 412 g/mol. The number of likely N-dealkylation sites (tertiary alicyclic amines) is 1. The van der Waals surface area contributed by atoms with E-state index in [0.717, 1.165) is 39.0 Å². The van der Waals surface area contributed by atoms with E-state index in [-0.39, 0.29) is 12.3 Å². The molecule has 1 atom stereocenters. The average molecular weight is 412 g/mol. The van der Waals surface area contributed by atoms with Crippen LogP contribution in [0.3, 0.4) is 0 Å². The molecular weight excluding hydrogens is 384 g/mol. The van der Waals surface area contributed by atoms with Gasteiger partial charge < -0.3 is 14.6 Å². The standard InChI is InChI=1S/C22H28N4O4/c27-20-4-3-18(21(28)24-20)26-17-2-1-15(13-19(17)30-22(26)29)14-7-11-25(12-8-14)16-5-9-23-10-6-16/h1-2,13-14,16,18,23H,3-12H2,(H,24,27,28). The Morgan fingerprint density at radius 1 is 0.967 bits per heavy atom. The SMILES string of the molecule is O=C1CCC(n2c(=O)oc3cc(C4CCN(C5CCNCC5)CC4)ccc32)C(=O)N1. The predicted molar refractivity (Wildman–Crippen MR) is 111 cm³/mol. The summed E-state index contributed by atoms with van der Waals surface area (Å²) in [5.41, 5.74) is 2.32. The minimum Gasteiger partial charge on any atom is -0.408 e. The summed E-state index contributed by atoms with van der Waals surface area (Å²) in [7, 11) is 0. The quantitative estimate of drug-likeness (QED) is 0.742. The maximum atomic E-state index is 12.5. The van der Waals surface area contributed by atoms with Crippen molar-refractivity contribution in [1.29, 1.82) is 0 Å². The van der Waals surface area contributed by atoms with Crippen LogP contribution in [0.5, 0.6) is 0 Å². The summed E-state index contributed by atoms with van der Waals surface area (Å²) < 4.78 is 6.89. The normalized spacial score (nSPS) is 25.0. The number of benzene rings is 1.